The van der Waals surface area contributed by atoms with Crippen LogP contribution < -0.4 is 5.73 Å². The van der Waals surface area contributed by atoms with Gasteiger partial charge in [-0.05, 0) is 36.4 Å². The van der Waals surface area contributed by atoms with Crippen molar-refractivity contribution < 1.29 is 0 Å². The fourth-order valence-electron chi connectivity index (χ4n) is 2.70. The highest BCUT2D eigenvalue weighted by molar-refractivity contribution is 5.67. The zero-order valence-corrected chi connectivity index (χ0v) is 13.0. The summed E-state index contributed by atoms with van der Waals surface area (Å²) >= 11 is 0. The first-order valence-electron chi connectivity index (χ1n) is 7.75. The van der Waals surface area contributed by atoms with Gasteiger partial charge in [-0.3, -0.25) is 4.57 Å². The number of para-hydroxylation sites is 1. The quantitative estimate of drug-likeness (QED) is 0.577. The summed E-state index contributed by atoms with van der Waals surface area (Å²) in [5, 5.41) is 8.88. The fourth-order valence-corrected chi connectivity index (χ4v) is 2.70. The van der Waals surface area contributed by atoms with E-state index in [4.69, 9.17) is 5.73 Å². The van der Waals surface area contributed by atoms with Gasteiger partial charge in [0.05, 0.1) is 0 Å². The zero-order valence-electron chi connectivity index (χ0n) is 13.0. The van der Waals surface area contributed by atoms with E-state index in [0.717, 1.165) is 34.2 Å². The van der Waals surface area contributed by atoms with E-state index in [1.54, 1.807) is 0 Å². The third kappa shape index (κ3) is 2.54. The Hall–Kier alpha value is -3.40. The van der Waals surface area contributed by atoms with Gasteiger partial charge in [-0.25, -0.2) is 0 Å². The lowest BCUT2D eigenvalue weighted by molar-refractivity contribution is 1.07. The van der Waals surface area contributed by atoms with E-state index in [-0.39, 0.29) is 0 Å². The highest BCUT2D eigenvalue weighted by Gasteiger charge is 2.16. The first-order chi connectivity index (χ1) is 11.8. The molecule has 0 saturated carbocycles. The second kappa shape index (κ2) is 6.01. The van der Waals surface area contributed by atoms with Crippen LogP contribution in [-0.4, -0.2) is 14.8 Å². The van der Waals surface area contributed by atoms with Gasteiger partial charge in [-0.2, -0.15) is 0 Å². The topological polar surface area (TPSA) is 56.7 Å². The minimum atomic E-state index is 0.729. The molecule has 4 nitrogen and oxygen atoms in total. The molecule has 0 fully saturated rings. The van der Waals surface area contributed by atoms with Gasteiger partial charge >= 0.3 is 0 Å². The molecule has 3 aromatic carbocycles. The van der Waals surface area contributed by atoms with E-state index < -0.39 is 0 Å². The first-order valence-corrected chi connectivity index (χ1v) is 7.75. The van der Waals surface area contributed by atoms with Crippen LogP contribution in [0, 0.1) is 0 Å². The van der Waals surface area contributed by atoms with Gasteiger partial charge < -0.3 is 5.73 Å². The van der Waals surface area contributed by atoms with Crippen molar-refractivity contribution >= 4 is 5.69 Å². The summed E-state index contributed by atoms with van der Waals surface area (Å²) in [4.78, 5) is 0. The number of rotatable bonds is 3. The summed E-state index contributed by atoms with van der Waals surface area (Å²) in [6, 6.07) is 27.9. The molecule has 4 heteroatoms. The summed E-state index contributed by atoms with van der Waals surface area (Å²) < 4.78 is 2.07. The molecule has 0 spiro atoms. The normalized spacial score (nSPS) is 10.7. The van der Waals surface area contributed by atoms with E-state index in [1.165, 1.54) is 0 Å². The molecule has 4 rings (SSSR count). The molecule has 0 amide bonds. The number of benzene rings is 3. The van der Waals surface area contributed by atoms with Crippen LogP contribution in [0.4, 0.5) is 5.69 Å². The number of aromatic nitrogens is 3. The van der Waals surface area contributed by atoms with Crippen molar-refractivity contribution in [2.24, 2.45) is 0 Å². The fraction of sp³-hybridized carbons (Fsp3) is 0. The Bertz CT molecular complexity index is 942. The molecule has 2 N–H and O–H groups in total. The minimum Gasteiger partial charge on any atom is -0.399 e. The number of nitrogen functional groups attached to an aromatic ring is 1. The monoisotopic (exact) mass is 312 g/mol. The van der Waals surface area contributed by atoms with Gasteiger partial charge in [-0.1, -0.05) is 48.5 Å². The van der Waals surface area contributed by atoms with Crippen LogP contribution in [0.25, 0.3) is 28.5 Å². The maximum atomic E-state index is 5.81. The number of anilines is 1. The summed E-state index contributed by atoms with van der Waals surface area (Å²) in [5.74, 6) is 1.61. The van der Waals surface area contributed by atoms with E-state index in [2.05, 4.69) is 26.9 Å². The molecular weight excluding hydrogens is 296 g/mol. The Balaban J connectivity index is 1.95. The van der Waals surface area contributed by atoms with Crippen molar-refractivity contribution in [1.29, 1.82) is 0 Å². The molecule has 0 bridgehead atoms. The lowest BCUT2D eigenvalue weighted by atomic mass is 10.1. The van der Waals surface area contributed by atoms with Crippen LogP contribution in [-0.2, 0) is 0 Å². The maximum Gasteiger partial charge on any atom is 0.168 e. The molecule has 4 aromatic rings. The van der Waals surface area contributed by atoms with Crippen LogP contribution in [0.3, 0.4) is 0 Å². The molecule has 0 aliphatic carbocycles. The van der Waals surface area contributed by atoms with Crippen LogP contribution in [0.5, 0.6) is 0 Å². The van der Waals surface area contributed by atoms with Crippen LogP contribution in [0.15, 0.2) is 84.9 Å². The van der Waals surface area contributed by atoms with E-state index in [9.17, 15) is 0 Å². The van der Waals surface area contributed by atoms with Crippen molar-refractivity contribution in [2.75, 3.05) is 5.73 Å². The molecule has 0 saturated heterocycles. The van der Waals surface area contributed by atoms with Gasteiger partial charge in [0.1, 0.15) is 0 Å². The predicted octanol–water partition coefficient (Wildman–Crippen LogP) is 4.18. The van der Waals surface area contributed by atoms with Gasteiger partial charge in [-0.15, -0.1) is 10.2 Å². The molecule has 116 valence electrons. The highest BCUT2D eigenvalue weighted by Crippen LogP contribution is 2.28. The predicted molar refractivity (Wildman–Crippen MR) is 96.6 cm³/mol. The summed E-state index contributed by atoms with van der Waals surface area (Å²) in [7, 11) is 0. The average molecular weight is 312 g/mol. The van der Waals surface area contributed by atoms with Crippen molar-refractivity contribution in [3.8, 4) is 28.5 Å². The van der Waals surface area contributed by atoms with Crippen molar-refractivity contribution in [3.63, 3.8) is 0 Å². The number of hydrogen-bond acceptors (Lipinski definition) is 3. The molecule has 24 heavy (non-hydrogen) atoms. The Morgan fingerprint density at radius 3 is 1.67 bits per heavy atom. The van der Waals surface area contributed by atoms with Crippen LogP contribution in [0.2, 0.25) is 0 Å². The SMILES string of the molecule is Nc1ccc(-c2nnc(-c3ccccc3)n2-c2ccccc2)cc1. The lowest BCUT2D eigenvalue weighted by Gasteiger charge is -2.11. The smallest absolute Gasteiger partial charge is 0.168 e. The van der Waals surface area contributed by atoms with Crippen LogP contribution in [0.1, 0.15) is 0 Å². The molecule has 1 aromatic heterocycles. The highest BCUT2D eigenvalue weighted by atomic mass is 15.3. The number of nitrogens with two attached hydrogens (primary N) is 1. The Morgan fingerprint density at radius 1 is 0.583 bits per heavy atom. The molecule has 0 radical (unpaired) electrons. The molecule has 0 atom stereocenters. The van der Waals surface area contributed by atoms with Gasteiger partial charge in [0.25, 0.3) is 0 Å². The lowest BCUT2D eigenvalue weighted by Crippen LogP contribution is -2.00. The second-order valence-electron chi connectivity index (χ2n) is 5.51. The third-order valence-electron chi connectivity index (χ3n) is 3.88. The Morgan fingerprint density at radius 2 is 1.08 bits per heavy atom. The summed E-state index contributed by atoms with van der Waals surface area (Å²) in [6.45, 7) is 0. The van der Waals surface area contributed by atoms with E-state index >= 15 is 0 Å². The summed E-state index contributed by atoms with van der Waals surface area (Å²) in [6.07, 6.45) is 0. The second-order valence-corrected chi connectivity index (χ2v) is 5.51. The molecule has 0 aliphatic heterocycles. The van der Waals surface area contributed by atoms with Crippen molar-refractivity contribution in [1.82, 2.24) is 14.8 Å². The van der Waals surface area contributed by atoms with Crippen molar-refractivity contribution in [3.05, 3.63) is 84.9 Å². The summed E-state index contributed by atoms with van der Waals surface area (Å²) in [5.41, 5.74) is 9.56. The van der Waals surface area contributed by atoms with E-state index in [0.29, 0.717) is 0 Å². The van der Waals surface area contributed by atoms with Gasteiger partial charge in [0.2, 0.25) is 0 Å². The maximum absolute atomic E-state index is 5.81. The first kappa shape index (κ1) is 14.2. The molecule has 0 unspecified atom stereocenters. The van der Waals surface area contributed by atoms with Crippen molar-refractivity contribution in [2.45, 2.75) is 0 Å². The minimum absolute atomic E-state index is 0.729. The Labute approximate surface area is 140 Å². The zero-order chi connectivity index (χ0) is 16.4. The van der Waals surface area contributed by atoms with E-state index in [1.807, 2.05) is 72.8 Å². The third-order valence-corrected chi connectivity index (χ3v) is 3.88. The Kier molecular flexibility index (Phi) is 3.56. The number of hydrogen-bond donors (Lipinski definition) is 1. The molecule has 0 aliphatic rings. The average Bonchev–Trinajstić information content (AvgIpc) is 3.09. The van der Waals surface area contributed by atoms with Gasteiger partial charge in [0, 0.05) is 22.5 Å². The largest absolute Gasteiger partial charge is 0.399 e. The van der Waals surface area contributed by atoms with Crippen LogP contribution >= 0.6 is 0 Å². The number of nitrogens with zero attached hydrogens (tertiary/aromatic N) is 3. The molecular formula is C20H16N4. The standard InChI is InChI=1S/C20H16N4/c21-17-13-11-16(12-14-17)20-23-22-19(15-7-3-1-4-8-15)24(20)18-9-5-2-6-10-18/h1-14H,21H2. The molecule has 1 heterocycles. The van der Waals surface area contributed by atoms with Gasteiger partial charge in [0.15, 0.2) is 11.6 Å².